The number of carbonyl (C=O) groups excluding carboxylic acids is 3. The van der Waals surface area contributed by atoms with E-state index in [1.807, 2.05) is 18.4 Å². The number of rotatable bonds is 5. The van der Waals surface area contributed by atoms with Gasteiger partial charge < -0.3 is 10.2 Å². The SMILES string of the molecule is Cc1ccsc1CN(C)C(=O)CCN1C(=O)NC2(CCCCC2)C1=O. The van der Waals surface area contributed by atoms with Crippen LogP contribution in [-0.2, 0) is 16.1 Å². The molecule has 0 unspecified atom stereocenters. The summed E-state index contributed by atoms with van der Waals surface area (Å²) in [6.07, 6.45) is 4.61. The molecular weight excluding hydrogens is 338 g/mol. The zero-order chi connectivity index (χ0) is 18.0. The first-order chi connectivity index (χ1) is 11.9. The molecule has 7 heteroatoms. The van der Waals surface area contributed by atoms with Gasteiger partial charge in [0, 0.05) is 24.9 Å². The Morgan fingerprint density at radius 1 is 1.32 bits per heavy atom. The van der Waals surface area contributed by atoms with Crippen LogP contribution in [0.15, 0.2) is 11.4 Å². The van der Waals surface area contributed by atoms with Gasteiger partial charge in [-0.25, -0.2) is 4.79 Å². The van der Waals surface area contributed by atoms with Crippen molar-refractivity contribution in [1.82, 2.24) is 15.1 Å². The highest BCUT2D eigenvalue weighted by molar-refractivity contribution is 7.10. The molecule has 4 amide bonds. The third-order valence-corrected chi connectivity index (χ3v) is 6.28. The number of imide groups is 1. The van der Waals surface area contributed by atoms with Crippen molar-refractivity contribution < 1.29 is 14.4 Å². The van der Waals surface area contributed by atoms with Gasteiger partial charge in [0.25, 0.3) is 5.91 Å². The Kier molecular flexibility index (Phi) is 5.13. The number of nitrogens with zero attached hydrogens (tertiary/aromatic N) is 2. The van der Waals surface area contributed by atoms with Gasteiger partial charge in [-0.05, 0) is 36.8 Å². The average Bonchev–Trinajstić information content (AvgIpc) is 3.08. The first-order valence-corrected chi connectivity index (χ1v) is 9.72. The second-order valence-electron chi connectivity index (χ2n) is 7.06. The summed E-state index contributed by atoms with van der Waals surface area (Å²) < 4.78 is 0. The maximum absolute atomic E-state index is 12.7. The molecule has 1 saturated carbocycles. The van der Waals surface area contributed by atoms with Crippen molar-refractivity contribution in [3.05, 3.63) is 21.9 Å². The van der Waals surface area contributed by atoms with Gasteiger partial charge in [0.15, 0.2) is 0 Å². The van der Waals surface area contributed by atoms with E-state index in [1.54, 1.807) is 23.3 Å². The monoisotopic (exact) mass is 363 g/mol. The second kappa shape index (κ2) is 7.15. The van der Waals surface area contributed by atoms with Crippen molar-refractivity contribution in [2.75, 3.05) is 13.6 Å². The van der Waals surface area contributed by atoms with Gasteiger partial charge in [0.05, 0.1) is 6.54 Å². The zero-order valence-electron chi connectivity index (χ0n) is 14.8. The van der Waals surface area contributed by atoms with Gasteiger partial charge in [0.1, 0.15) is 5.54 Å². The number of thiophene rings is 1. The van der Waals surface area contributed by atoms with Gasteiger partial charge in [-0.1, -0.05) is 19.3 Å². The highest BCUT2D eigenvalue weighted by atomic mass is 32.1. The molecule has 6 nitrogen and oxygen atoms in total. The van der Waals surface area contributed by atoms with Crippen LogP contribution in [-0.4, -0.2) is 46.8 Å². The predicted molar refractivity (Wildman–Crippen MR) is 96.2 cm³/mol. The standard InChI is InChI=1S/C18H25N3O3S/c1-13-7-11-25-14(13)12-20(2)15(22)6-10-21-16(23)18(19-17(21)24)8-4-3-5-9-18/h7,11H,3-6,8-10,12H2,1-2H3,(H,19,24). The molecule has 2 heterocycles. The lowest BCUT2D eigenvalue weighted by molar-refractivity contribution is -0.134. The maximum Gasteiger partial charge on any atom is 0.325 e. The van der Waals surface area contributed by atoms with Crippen LogP contribution in [0.3, 0.4) is 0 Å². The molecule has 1 spiro atoms. The summed E-state index contributed by atoms with van der Waals surface area (Å²) in [5.74, 6) is -0.209. The van der Waals surface area contributed by atoms with Crippen LogP contribution in [0.1, 0.15) is 49.0 Å². The number of urea groups is 1. The molecule has 1 N–H and O–H groups in total. The lowest BCUT2D eigenvalue weighted by atomic mass is 9.82. The van der Waals surface area contributed by atoms with Crippen LogP contribution >= 0.6 is 11.3 Å². The zero-order valence-corrected chi connectivity index (χ0v) is 15.7. The smallest absolute Gasteiger partial charge is 0.325 e. The fourth-order valence-electron chi connectivity index (χ4n) is 3.64. The Labute approximate surface area is 152 Å². The lowest BCUT2D eigenvalue weighted by Crippen LogP contribution is -2.48. The van der Waals surface area contributed by atoms with Crippen LogP contribution in [0.4, 0.5) is 4.79 Å². The molecule has 25 heavy (non-hydrogen) atoms. The van der Waals surface area contributed by atoms with E-state index in [0.29, 0.717) is 19.4 Å². The minimum atomic E-state index is -0.710. The largest absolute Gasteiger partial charge is 0.341 e. The molecule has 1 aromatic rings. The highest BCUT2D eigenvalue weighted by Crippen LogP contribution is 2.33. The predicted octanol–water partition coefficient (Wildman–Crippen LogP) is 2.66. The Morgan fingerprint density at radius 2 is 2.04 bits per heavy atom. The van der Waals surface area contributed by atoms with Gasteiger partial charge in [0.2, 0.25) is 5.91 Å². The van der Waals surface area contributed by atoms with Crippen LogP contribution in [0, 0.1) is 6.92 Å². The maximum atomic E-state index is 12.7. The van der Waals surface area contributed by atoms with Crippen molar-refractivity contribution in [3.8, 4) is 0 Å². The number of nitrogens with one attached hydrogen (secondary N) is 1. The Hall–Kier alpha value is -1.89. The number of carbonyl (C=O) groups is 3. The summed E-state index contributed by atoms with van der Waals surface area (Å²) in [7, 11) is 1.76. The topological polar surface area (TPSA) is 69.7 Å². The van der Waals surface area contributed by atoms with Crippen molar-refractivity contribution in [2.45, 2.75) is 57.5 Å². The molecule has 0 bridgehead atoms. The molecule has 1 aliphatic carbocycles. The van der Waals surface area contributed by atoms with E-state index in [9.17, 15) is 14.4 Å². The summed E-state index contributed by atoms with van der Waals surface area (Å²) in [5.41, 5.74) is 0.469. The quantitative estimate of drug-likeness (QED) is 0.818. The summed E-state index contributed by atoms with van der Waals surface area (Å²) in [5, 5.41) is 4.89. The van der Waals surface area contributed by atoms with E-state index < -0.39 is 5.54 Å². The molecular formula is C18H25N3O3S. The van der Waals surface area contributed by atoms with Crippen LogP contribution in [0.2, 0.25) is 0 Å². The van der Waals surface area contributed by atoms with Crippen LogP contribution in [0.25, 0.3) is 0 Å². The highest BCUT2D eigenvalue weighted by Gasteiger charge is 2.51. The van der Waals surface area contributed by atoms with E-state index in [2.05, 4.69) is 5.32 Å². The Morgan fingerprint density at radius 3 is 2.68 bits per heavy atom. The van der Waals surface area contributed by atoms with Crippen molar-refractivity contribution >= 4 is 29.2 Å². The summed E-state index contributed by atoms with van der Waals surface area (Å²) in [6.45, 7) is 2.74. The molecule has 0 aromatic carbocycles. The molecule has 3 rings (SSSR count). The molecule has 0 radical (unpaired) electrons. The molecule has 136 valence electrons. The van der Waals surface area contributed by atoms with Crippen LogP contribution < -0.4 is 5.32 Å². The molecule has 2 fully saturated rings. The molecule has 1 aromatic heterocycles. The third kappa shape index (κ3) is 3.56. The van der Waals surface area contributed by atoms with Gasteiger partial charge >= 0.3 is 6.03 Å². The van der Waals surface area contributed by atoms with Crippen LogP contribution in [0.5, 0.6) is 0 Å². The molecule has 2 aliphatic rings. The minimum absolute atomic E-state index is 0.0574. The molecule has 1 aliphatic heterocycles. The number of hydrogen-bond acceptors (Lipinski definition) is 4. The minimum Gasteiger partial charge on any atom is -0.341 e. The van der Waals surface area contributed by atoms with Crippen molar-refractivity contribution in [1.29, 1.82) is 0 Å². The van der Waals surface area contributed by atoms with E-state index in [0.717, 1.165) is 24.1 Å². The number of aryl methyl sites for hydroxylation is 1. The van der Waals surface area contributed by atoms with E-state index in [4.69, 9.17) is 0 Å². The molecule has 1 saturated heterocycles. The van der Waals surface area contributed by atoms with Crippen molar-refractivity contribution in [2.24, 2.45) is 0 Å². The van der Waals surface area contributed by atoms with E-state index in [1.165, 1.54) is 10.5 Å². The average molecular weight is 363 g/mol. The van der Waals surface area contributed by atoms with Gasteiger partial charge in [-0.2, -0.15) is 0 Å². The summed E-state index contributed by atoms with van der Waals surface area (Å²) in [4.78, 5) is 41.3. The Bertz CT molecular complexity index is 679. The summed E-state index contributed by atoms with van der Waals surface area (Å²) >= 11 is 1.63. The lowest BCUT2D eigenvalue weighted by Gasteiger charge is -2.30. The van der Waals surface area contributed by atoms with Crippen molar-refractivity contribution in [3.63, 3.8) is 0 Å². The normalized spacial score (nSPS) is 19.4. The second-order valence-corrected chi connectivity index (χ2v) is 8.06. The fraction of sp³-hybridized carbons (Fsp3) is 0.611. The fourth-order valence-corrected chi connectivity index (χ4v) is 4.60. The molecule has 0 atom stereocenters. The van der Waals surface area contributed by atoms with E-state index >= 15 is 0 Å². The van der Waals surface area contributed by atoms with Gasteiger partial charge in [-0.15, -0.1) is 11.3 Å². The number of hydrogen-bond donors (Lipinski definition) is 1. The Balaban J connectivity index is 1.55. The van der Waals surface area contributed by atoms with Gasteiger partial charge in [-0.3, -0.25) is 14.5 Å². The third-order valence-electron chi connectivity index (χ3n) is 5.28. The van der Waals surface area contributed by atoms with E-state index in [-0.39, 0.29) is 30.8 Å². The first-order valence-electron chi connectivity index (χ1n) is 8.84. The number of amides is 4. The summed E-state index contributed by atoms with van der Waals surface area (Å²) in [6, 6.07) is 1.69. The first kappa shape index (κ1) is 17.9.